The van der Waals surface area contributed by atoms with Gasteiger partial charge in [-0.05, 0) is 6.42 Å². The predicted octanol–water partition coefficient (Wildman–Crippen LogP) is 0.568. The quantitative estimate of drug-likeness (QED) is 0.283. The zero-order valence-electron chi connectivity index (χ0n) is 9.01. The van der Waals surface area contributed by atoms with Crippen LogP contribution in [-0.4, -0.2) is 31.2 Å². The average Bonchev–Trinajstić information content (AvgIpc) is 2.16. The molecule has 0 fully saturated rings. The van der Waals surface area contributed by atoms with E-state index in [1.54, 1.807) is 0 Å². The zero-order valence-corrected chi connectivity index (χ0v) is 9.01. The molecule has 0 unspecified atom stereocenters. The molecule has 0 saturated carbocycles. The highest BCUT2D eigenvalue weighted by Gasteiger charge is 2.29. The van der Waals surface area contributed by atoms with Crippen molar-refractivity contribution in [2.24, 2.45) is 21.5 Å². The molecule has 0 aromatic carbocycles. The molecule has 5 nitrogen and oxygen atoms in total. The largest absolute Gasteiger partial charge is 0.370 e. The zero-order chi connectivity index (χ0) is 12.6. The van der Waals surface area contributed by atoms with Crippen LogP contribution in [0, 0.1) is 0 Å². The number of nitrogens with one attached hydrogen (secondary N) is 1. The minimum absolute atomic E-state index is 0.290. The number of halogens is 3. The van der Waals surface area contributed by atoms with E-state index in [1.165, 1.54) is 5.32 Å². The summed E-state index contributed by atoms with van der Waals surface area (Å²) in [5.41, 5.74) is 10.1. The van der Waals surface area contributed by atoms with Crippen LogP contribution < -0.4 is 16.8 Å². The summed E-state index contributed by atoms with van der Waals surface area (Å²) in [6, 6.07) is -3.72. The minimum atomic E-state index is -3.72. The van der Waals surface area contributed by atoms with Gasteiger partial charge in [-0.15, -0.1) is 0 Å². The molecule has 0 saturated heterocycles. The molecular formula is C8H16F3N5. The van der Waals surface area contributed by atoms with Gasteiger partial charge in [0.25, 0.3) is 0 Å². The van der Waals surface area contributed by atoms with Gasteiger partial charge < -0.3 is 11.5 Å². The van der Waals surface area contributed by atoms with E-state index in [9.17, 15) is 13.2 Å². The van der Waals surface area contributed by atoms with Crippen molar-refractivity contribution in [3.8, 4) is 0 Å². The summed E-state index contributed by atoms with van der Waals surface area (Å²) in [7, 11) is 0. The summed E-state index contributed by atoms with van der Waals surface area (Å²) in [6.07, 6.45) is 1.55. The van der Waals surface area contributed by atoms with E-state index in [1.807, 2.05) is 6.92 Å². The van der Waals surface area contributed by atoms with Crippen LogP contribution in [0.15, 0.2) is 9.98 Å². The lowest BCUT2D eigenvalue weighted by Gasteiger charge is -2.14. The fourth-order valence-electron chi connectivity index (χ4n) is 0.765. The molecule has 0 amide bonds. The molecule has 0 aliphatic carbocycles. The lowest BCUT2D eigenvalue weighted by molar-refractivity contribution is -0.0372. The van der Waals surface area contributed by atoms with Gasteiger partial charge in [-0.1, -0.05) is 13.3 Å². The van der Waals surface area contributed by atoms with Crippen LogP contribution in [0.4, 0.5) is 13.2 Å². The third-order valence-electron chi connectivity index (χ3n) is 1.47. The monoisotopic (exact) mass is 239 g/mol. The third kappa shape index (κ3) is 6.91. The SMILES string of the molecule is CCCCN=C(N=C(N)N)NC(F)(F)CF. The van der Waals surface area contributed by atoms with Crippen molar-refractivity contribution in [1.82, 2.24) is 5.32 Å². The number of aliphatic imine (C=N–C) groups is 2. The first-order chi connectivity index (χ1) is 7.41. The van der Waals surface area contributed by atoms with Crippen LogP contribution in [0.25, 0.3) is 0 Å². The molecule has 0 rings (SSSR count). The lowest BCUT2D eigenvalue weighted by Crippen LogP contribution is -2.43. The van der Waals surface area contributed by atoms with E-state index in [0.29, 0.717) is 6.42 Å². The van der Waals surface area contributed by atoms with Crippen LogP contribution in [0.1, 0.15) is 19.8 Å². The Bertz CT molecular complexity index is 260. The number of alkyl halides is 3. The van der Waals surface area contributed by atoms with Crippen LogP contribution in [0.5, 0.6) is 0 Å². The molecule has 0 atom stereocenters. The Hall–Kier alpha value is -1.47. The fraction of sp³-hybridized carbons (Fsp3) is 0.750. The van der Waals surface area contributed by atoms with Crippen LogP contribution >= 0.6 is 0 Å². The maximum Gasteiger partial charge on any atom is 0.353 e. The molecule has 0 aromatic heterocycles. The Morgan fingerprint density at radius 1 is 1.38 bits per heavy atom. The standard InChI is InChI=1S/C8H16F3N5/c1-2-3-4-14-7(15-6(12)13)16-8(10,11)5-9/h2-5H2,1H3,(H5,12,13,14,15,16). The number of nitrogens with zero attached hydrogens (tertiary/aromatic N) is 2. The number of hydrogen-bond donors (Lipinski definition) is 3. The first-order valence-corrected chi connectivity index (χ1v) is 4.77. The fourth-order valence-corrected chi connectivity index (χ4v) is 0.765. The highest BCUT2D eigenvalue weighted by molar-refractivity contribution is 5.93. The van der Waals surface area contributed by atoms with Gasteiger partial charge in [-0.2, -0.15) is 13.8 Å². The van der Waals surface area contributed by atoms with Crippen molar-refractivity contribution in [3.63, 3.8) is 0 Å². The van der Waals surface area contributed by atoms with E-state index < -0.39 is 24.6 Å². The van der Waals surface area contributed by atoms with Gasteiger partial charge in [-0.25, -0.2) is 4.39 Å². The molecule has 0 aliphatic rings. The van der Waals surface area contributed by atoms with Crippen LogP contribution in [0.2, 0.25) is 0 Å². The molecule has 0 heterocycles. The van der Waals surface area contributed by atoms with Gasteiger partial charge in [0.1, 0.15) is 0 Å². The predicted molar refractivity (Wildman–Crippen MR) is 57.1 cm³/mol. The summed E-state index contributed by atoms with van der Waals surface area (Å²) in [5.74, 6) is -0.881. The maximum atomic E-state index is 12.6. The second-order valence-corrected chi connectivity index (χ2v) is 3.06. The van der Waals surface area contributed by atoms with E-state index in [4.69, 9.17) is 11.5 Å². The average molecular weight is 239 g/mol. The first-order valence-electron chi connectivity index (χ1n) is 4.77. The molecule has 0 spiro atoms. The van der Waals surface area contributed by atoms with E-state index in [2.05, 4.69) is 9.98 Å². The third-order valence-corrected chi connectivity index (χ3v) is 1.47. The molecule has 0 aliphatic heterocycles. The van der Waals surface area contributed by atoms with Crippen molar-refractivity contribution >= 4 is 11.9 Å². The van der Waals surface area contributed by atoms with Crippen molar-refractivity contribution in [2.75, 3.05) is 13.2 Å². The summed E-state index contributed by atoms with van der Waals surface area (Å²) in [6.45, 7) is 0.344. The highest BCUT2D eigenvalue weighted by atomic mass is 19.3. The smallest absolute Gasteiger partial charge is 0.353 e. The van der Waals surface area contributed by atoms with Gasteiger partial charge in [0.15, 0.2) is 12.6 Å². The molecule has 94 valence electrons. The molecule has 0 radical (unpaired) electrons. The summed E-state index contributed by atoms with van der Waals surface area (Å²) >= 11 is 0. The molecule has 0 bridgehead atoms. The summed E-state index contributed by atoms with van der Waals surface area (Å²) in [4.78, 5) is 7.04. The molecule has 16 heavy (non-hydrogen) atoms. The van der Waals surface area contributed by atoms with Crippen molar-refractivity contribution in [1.29, 1.82) is 0 Å². The Balaban J connectivity index is 4.56. The Morgan fingerprint density at radius 3 is 2.44 bits per heavy atom. The molecule has 8 heteroatoms. The lowest BCUT2D eigenvalue weighted by atomic mass is 10.3. The van der Waals surface area contributed by atoms with Crippen LogP contribution in [-0.2, 0) is 0 Å². The Kier molecular flexibility index (Phi) is 6.28. The Labute approximate surface area is 91.8 Å². The molecule has 0 aromatic rings. The number of hydrogen-bond acceptors (Lipinski definition) is 1. The number of guanidine groups is 2. The van der Waals surface area contributed by atoms with Crippen molar-refractivity contribution in [3.05, 3.63) is 0 Å². The summed E-state index contributed by atoms with van der Waals surface area (Å²) < 4.78 is 37.2. The van der Waals surface area contributed by atoms with Gasteiger partial charge in [0, 0.05) is 6.54 Å². The number of unbranched alkanes of at least 4 members (excludes halogenated alkanes) is 1. The van der Waals surface area contributed by atoms with Gasteiger partial charge in [0.05, 0.1) is 0 Å². The molecule has 5 N–H and O–H groups in total. The molecular weight excluding hydrogens is 223 g/mol. The van der Waals surface area contributed by atoms with Crippen molar-refractivity contribution in [2.45, 2.75) is 25.8 Å². The second-order valence-electron chi connectivity index (χ2n) is 3.06. The topological polar surface area (TPSA) is 88.8 Å². The minimum Gasteiger partial charge on any atom is -0.370 e. The Morgan fingerprint density at radius 2 is 2.00 bits per heavy atom. The van der Waals surface area contributed by atoms with Gasteiger partial charge >= 0.3 is 6.05 Å². The maximum absolute atomic E-state index is 12.6. The number of rotatable bonds is 5. The van der Waals surface area contributed by atoms with Crippen molar-refractivity contribution < 1.29 is 13.2 Å². The summed E-state index contributed by atoms with van der Waals surface area (Å²) in [5, 5.41) is 1.53. The van der Waals surface area contributed by atoms with Crippen LogP contribution in [0.3, 0.4) is 0 Å². The normalized spacial score (nSPS) is 12.4. The second kappa shape index (κ2) is 6.91. The number of nitrogens with two attached hydrogens (primary N) is 2. The first kappa shape index (κ1) is 14.5. The highest BCUT2D eigenvalue weighted by Crippen LogP contribution is 2.09. The van der Waals surface area contributed by atoms with Gasteiger partial charge in [0.2, 0.25) is 5.96 Å². The van der Waals surface area contributed by atoms with E-state index in [0.717, 1.165) is 6.42 Å². The van der Waals surface area contributed by atoms with Gasteiger partial charge in [-0.3, -0.25) is 10.3 Å². The van der Waals surface area contributed by atoms with E-state index in [-0.39, 0.29) is 6.54 Å². The van der Waals surface area contributed by atoms with E-state index >= 15 is 0 Å².